The smallest absolute Gasteiger partial charge is 0.237 e. The lowest BCUT2D eigenvalue weighted by molar-refractivity contribution is -0.123. The average Bonchev–Trinajstić information content (AvgIpc) is 3.37. The summed E-state index contributed by atoms with van der Waals surface area (Å²) in [7, 11) is 4.04. The molecular weight excluding hydrogens is 302 g/mol. The van der Waals surface area contributed by atoms with E-state index in [0.717, 1.165) is 36.6 Å². The molecule has 0 spiro atoms. The number of carbonyl (C=O) groups is 1. The Bertz CT molecular complexity index is 512. The number of rotatable bonds is 10. The van der Waals surface area contributed by atoms with Gasteiger partial charge < -0.3 is 20.7 Å². The molecule has 24 heavy (non-hydrogen) atoms. The third-order valence-electron chi connectivity index (χ3n) is 4.47. The van der Waals surface area contributed by atoms with Crippen molar-refractivity contribution < 1.29 is 9.53 Å². The van der Waals surface area contributed by atoms with E-state index in [1.54, 1.807) is 0 Å². The molecule has 1 aliphatic rings. The highest BCUT2D eigenvalue weighted by Gasteiger charge is 2.24. The Morgan fingerprint density at radius 2 is 2.00 bits per heavy atom. The molecule has 0 aliphatic heterocycles. The highest BCUT2D eigenvalue weighted by Crippen LogP contribution is 2.33. The Balaban J connectivity index is 1.76. The van der Waals surface area contributed by atoms with Crippen molar-refractivity contribution in [1.82, 2.24) is 10.2 Å². The van der Waals surface area contributed by atoms with Crippen LogP contribution in [0, 0.1) is 5.92 Å². The number of hydrogen-bond donors (Lipinski definition) is 2. The lowest BCUT2D eigenvalue weighted by Crippen LogP contribution is -2.41. The SMILES string of the molecule is CC(NC(=O)[C@@H](N)CCC1CC1)c1ccc(OCCN(C)C)cc1. The third-order valence-corrected chi connectivity index (χ3v) is 4.47. The molecule has 1 saturated carbocycles. The van der Waals surface area contributed by atoms with Gasteiger partial charge in [-0.05, 0) is 57.5 Å². The fraction of sp³-hybridized carbons (Fsp3) is 0.632. The van der Waals surface area contributed by atoms with Crippen molar-refractivity contribution in [1.29, 1.82) is 0 Å². The fourth-order valence-electron chi connectivity index (χ4n) is 2.56. The van der Waals surface area contributed by atoms with Crippen LogP contribution in [0.25, 0.3) is 0 Å². The van der Waals surface area contributed by atoms with Gasteiger partial charge in [-0.3, -0.25) is 4.79 Å². The lowest BCUT2D eigenvalue weighted by atomic mass is 10.1. The molecule has 1 aromatic rings. The minimum atomic E-state index is -0.401. The highest BCUT2D eigenvalue weighted by molar-refractivity contribution is 5.81. The van der Waals surface area contributed by atoms with E-state index < -0.39 is 6.04 Å². The lowest BCUT2D eigenvalue weighted by Gasteiger charge is -2.18. The van der Waals surface area contributed by atoms with Crippen molar-refractivity contribution in [3.63, 3.8) is 0 Å². The van der Waals surface area contributed by atoms with Crippen LogP contribution in [0.4, 0.5) is 0 Å². The molecule has 2 atom stereocenters. The zero-order valence-electron chi connectivity index (χ0n) is 15.1. The molecule has 1 unspecified atom stereocenters. The van der Waals surface area contributed by atoms with Crippen LogP contribution in [0.1, 0.15) is 44.2 Å². The number of amides is 1. The van der Waals surface area contributed by atoms with E-state index in [4.69, 9.17) is 10.5 Å². The maximum absolute atomic E-state index is 12.2. The number of nitrogens with one attached hydrogen (secondary N) is 1. The highest BCUT2D eigenvalue weighted by atomic mass is 16.5. The molecule has 5 heteroatoms. The molecule has 3 N–H and O–H groups in total. The van der Waals surface area contributed by atoms with Gasteiger partial charge >= 0.3 is 0 Å². The standard InChI is InChI=1S/C19H31N3O2/c1-14(21-19(23)18(20)11-6-15-4-5-15)16-7-9-17(10-8-16)24-13-12-22(2)3/h7-10,14-15,18H,4-6,11-13,20H2,1-3H3,(H,21,23)/t14?,18-/m0/s1. The van der Waals surface area contributed by atoms with Gasteiger partial charge in [0.25, 0.3) is 0 Å². The number of hydrogen-bond acceptors (Lipinski definition) is 4. The number of ether oxygens (including phenoxy) is 1. The molecule has 0 bridgehead atoms. The van der Waals surface area contributed by atoms with Gasteiger partial charge in [0.1, 0.15) is 12.4 Å². The van der Waals surface area contributed by atoms with E-state index in [-0.39, 0.29) is 11.9 Å². The maximum Gasteiger partial charge on any atom is 0.237 e. The first-order valence-corrected chi connectivity index (χ1v) is 8.89. The number of benzene rings is 1. The van der Waals surface area contributed by atoms with Crippen molar-refractivity contribution in [3.05, 3.63) is 29.8 Å². The van der Waals surface area contributed by atoms with E-state index in [1.165, 1.54) is 12.8 Å². The van der Waals surface area contributed by atoms with Gasteiger partial charge in [0.15, 0.2) is 0 Å². The van der Waals surface area contributed by atoms with Gasteiger partial charge in [0.2, 0.25) is 5.91 Å². The van der Waals surface area contributed by atoms with Gasteiger partial charge in [-0.1, -0.05) is 25.0 Å². The summed E-state index contributed by atoms with van der Waals surface area (Å²) in [4.78, 5) is 14.2. The van der Waals surface area contributed by atoms with Crippen molar-refractivity contribution in [2.45, 2.75) is 44.7 Å². The van der Waals surface area contributed by atoms with Crippen LogP contribution < -0.4 is 15.8 Å². The first kappa shape index (κ1) is 18.7. The Kier molecular flexibility index (Phi) is 7.06. The Morgan fingerprint density at radius 3 is 2.58 bits per heavy atom. The molecule has 0 aromatic heterocycles. The summed E-state index contributed by atoms with van der Waals surface area (Å²) in [5.74, 6) is 1.59. The van der Waals surface area contributed by atoms with Gasteiger partial charge in [-0.2, -0.15) is 0 Å². The number of likely N-dealkylation sites (N-methyl/N-ethyl adjacent to an activating group) is 1. The molecule has 134 valence electrons. The Labute approximate surface area is 145 Å². The van der Waals surface area contributed by atoms with Crippen LogP contribution in [0.3, 0.4) is 0 Å². The normalized spacial score (nSPS) is 16.7. The van der Waals surface area contributed by atoms with Crippen molar-refractivity contribution in [2.24, 2.45) is 11.7 Å². The van der Waals surface area contributed by atoms with Gasteiger partial charge in [0.05, 0.1) is 12.1 Å². The molecule has 1 aromatic carbocycles. The summed E-state index contributed by atoms with van der Waals surface area (Å²) in [6, 6.07) is 7.42. The summed E-state index contributed by atoms with van der Waals surface area (Å²) >= 11 is 0. The summed E-state index contributed by atoms with van der Waals surface area (Å²) < 4.78 is 5.68. The van der Waals surface area contributed by atoms with Crippen LogP contribution in [-0.2, 0) is 4.79 Å². The predicted octanol–water partition coefficient (Wildman–Crippen LogP) is 2.32. The molecule has 0 heterocycles. The Morgan fingerprint density at radius 1 is 1.33 bits per heavy atom. The molecular formula is C19H31N3O2. The van der Waals surface area contributed by atoms with E-state index >= 15 is 0 Å². The van der Waals surface area contributed by atoms with Gasteiger partial charge in [-0.15, -0.1) is 0 Å². The van der Waals surface area contributed by atoms with Crippen molar-refractivity contribution >= 4 is 5.91 Å². The van der Waals surface area contributed by atoms with Crippen LogP contribution >= 0.6 is 0 Å². The summed E-state index contributed by atoms with van der Waals surface area (Å²) in [6.45, 7) is 3.52. The first-order chi connectivity index (χ1) is 11.5. The summed E-state index contributed by atoms with van der Waals surface area (Å²) in [6.07, 6.45) is 4.45. The second-order valence-corrected chi connectivity index (χ2v) is 7.08. The first-order valence-electron chi connectivity index (χ1n) is 8.89. The largest absolute Gasteiger partial charge is 0.492 e. The van der Waals surface area contributed by atoms with Crippen molar-refractivity contribution in [2.75, 3.05) is 27.2 Å². The molecule has 2 rings (SSSR count). The molecule has 0 radical (unpaired) electrons. The minimum absolute atomic E-state index is 0.0553. The van der Waals surface area contributed by atoms with E-state index in [1.807, 2.05) is 45.3 Å². The monoisotopic (exact) mass is 333 g/mol. The predicted molar refractivity (Wildman–Crippen MR) is 97.0 cm³/mol. The second-order valence-electron chi connectivity index (χ2n) is 7.08. The van der Waals surface area contributed by atoms with E-state index in [0.29, 0.717) is 6.61 Å². The minimum Gasteiger partial charge on any atom is -0.492 e. The van der Waals surface area contributed by atoms with Crippen LogP contribution in [-0.4, -0.2) is 44.1 Å². The molecule has 1 fully saturated rings. The summed E-state index contributed by atoms with van der Waals surface area (Å²) in [5, 5.41) is 3.01. The van der Waals surface area contributed by atoms with Gasteiger partial charge in [-0.25, -0.2) is 0 Å². The maximum atomic E-state index is 12.2. The van der Waals surface area contributed by atoms with Gasteiger partial charge in [0, 0.05) is 6.54 Å². The van der Waals surface area contributed by atoms with E-state index in [2.05, 4.69) is 10.2 Å². The number of nitrogens with two attached hydrogens (primary N) is 1. The zero-order valence-corrected chi connectivity index (χ0v) is 15.1. The van der Waals surface area contributed by atoms with Crippen molar-refractivity contribution in [3.8, 4) is 5.75 Å². The summed E-state index contributed by atoms with van der Waals surface area (Å²) in [5.41, 5.74) is 7.04. The molecule has 1 aliphatic carbocycles. The quantitative estimate of drug-likeness (QED) is 0.689. The third kappa shape index (κ3) is 6.49. The second kappa shape index (κ2) is 9.04. The molecule has 0 saturated heterocycles. The average molecular weight is 333 g/mol. The molecule has 1 amide bonds. The van der Waals surface area contributed by atoms with Crippen LogP contribution in [0.5, 0.6) is 5.75 Å². The Hall–Kier alpha value is -1.59. The van der Waals surface area contributed by atoms with Crippen LogP contribution in [0.15, 0.2) is 24.3 Å². The van der Waals surface area contributed by atoms with Crippen LogP contribution in [0.2, 0.25) is 0 Å². The topological polar surface area (TPSA) is 67.6 Å². The van der Waals surface area contributed by atoms with E-state index in [9.17, 15) is 4.79 Å². The number of nitrogens with zero attached hydrogens (tertiary/aromatic N) is 1. The molecule has 5 nitrogen and oxygen atoms in total. The fourth-order valence-corrected chi connectivity index (χ4v) is 2.56. The zero-order chi connectivity index (χ0) is 17.5. The number of carbonyl (C=O) groups excluding carboxylic acids is 1.